The average Bonchev–Trinajstić information content (AvgIpc) is 2.74. The SMILES string of the molecule is COc1cccc(CNCC2CCN(C)CC2)c1OCC(O)CN1CCOCC1. The molecule has 1 aromatic rings. The summed E-state index contributed by atoms with van der Waals surface area (Å²) in [5, 5.41) is 14.0. The van der Waals surface area contributed by atoms with Gasteiger partial charge in [-0.15, -0.1) is 0 Å². The highest BCUT2D eigenvalue weighted by Gasteiger charge is 2.19. The summed E-state index contributed by atoms with van der Waals surface area (Å²) in [7, 11) is 3.85. The van der Waals surface area contributed by atoms with Crippen LogP contribution in [-0.2, 0) is 11.3 Å². The first-order chi connectivity index (χ1) is 14.2. The second-order valence-corrected chi connectivity index (χ2v) is 8.20. The van der Waals surface area contributed by atoms with Gasteiger partial charge in [-0.05, 0) is 51.5 Å². The van der Waals surface area contributed by atoms with Crippen molar-refractivity contribution in [2.24, 2.45) is 5.92 Å². The standard InChI is InChI=1S/C22H37N3O4/c1-24-8-6-18(7-9-24)14-23-15-19-4-3-5-21(27-2)22(19)29-17-20(26)16-25-10-12-28-13-11-25/h3-5,18,20,23,26H,6-17H2,1-2H3. The van der Waals surface area contributed by atoms with E-state index in [9.17, 15) is 5.11 Å². The summed E-state index contributed by atoms with van der Waals surface area (Å²) in [6.07, 6.45) is 1.95. The largest absolute Gasteiger partial charge is 0.493 e. The number of methoxy groups -OCH3 is 1. The van der Waals surface area contributed by atoms with Crippen LogP contribution in [0.25, 0.3) is 0 Å². The van der Waals surface area contributed by atoms with Gasteiger partial charge in [-0.1, -0.05) is 12.1 Å². The van der Waals surface area contributed by atoms with E-state index in [4.69, 9.17) is 14.2 Å². The van der Waals surface area contributed by atoms with Crippen LogP contribution in [-0.4, -0.2) is 94.3 Å². The minimum Gasteiger partial charge on any atom is -0.493 e. The molecule has 0 saturated carbocycles. The van der Waals surface area contributed by atoms with Crippen LogP contribution in [0.1, 0.15) is 18.4 Å². The minimum absolute atomic E-state index is 0.250. The van der Waals surface area contributed by atoms with Gasteiger partial charge in [0.1, 0.15) is 12.7 Å². The Hall–Kier alpha value is -1.38. The van der Waals surface area contributed by atoms with Crippen molar-refractivity contribution in [1.82, 2.24) is 15.1 Å². The number of rotatable bonds is 10. The number of aliphatic hydroxyl groups is 1. The molecule has 3 rings (SSSR count). The fraction of sp³-hybridized carbons (Fsp3) is 0.727. The Labute approximate surface area is 174 Å². The van der Waals surface area contributed by atoms with Crippen LogP contribution in [0.3, 0.4) is 0 Å². The summed E-state index contributed by atoms with van der Waals surface area (Å²) < 4.78 is 16.9. The van der Waals surface area contributed by atoms with Crippen molar-refractivity contribution < 1.29 is 19.3 Å². The van der Waals surface area contributed by atoms with E-state index in [0.717, 1.165) is 56.6 Å². The number of nitrogens with one attached hydrogen (secondary N) is 1. The van der Waals surface area contributed by atoms with Crippen molar-refractivity contribution in [3.63, 3.8) is 0 Å². The molecule has 2 N–H and O–H groups in total. The highest BCUT2D eigenvalue weighted by molar-refractivity contribution is 5.46. The molecular weight excluding hydrogens is 370 g/mol. The monoisotopic (exact) mass is 407 g/mol. The molecule has 0 aromatic heterocycles. The first kappa shape index (κ1) is 22.3. The lowest BCUT2D eigenvalue weighted by atomic mass is 9.97. The van der Waals surface area contributed by atoms with E-state index in [1.807, 2.05) is 12.1 Å². The molecule has 0 spiro atoms. The van der Waals surface area contributed by atoms with E-state index >= 15 is 0 Å². The Bertz CT molecular complexity index is 602. The zero-order valence-electron chi connectivity index (χ0n) is 17.9. The highest BCUT2D eigenvalue weighted by atomic mass is 16.5. The third kappa shape index (κ3) is 7.12. The number of hydrogen-bond acceptors (Lipinski definition) is 7. The number of benzene rings is 1. The number of aliphatic hydroxyl groups excluding tert-OH is 1. The molecule has 0 aliphatic carbocycles. The van der Waals surface area contributed by atoms with Crippen LogP contribution in [0, 0.1) is 5.92 Å². The lowest BCUT2D eigenvalue weighted by molar-refractivity contribution is 0.00436. The number of β-amino-alcohol motifs (C(OH)–C–C–N with tert-alkyl or cyclic N) is 1. The summed E-state index contributed by atoms with van der Waals surface area (Å²) in [4.78, 5) is 4.61. The first-order valence-corrected chi connectivity index (χ1v) is 10.8. The predicted octanol–water partition coefficient (Wildman–Crippen LogP) is 1.20. The van der Waals surface area contributed by atoms with Gasteiger partial charge >= 0.3 is 0 Å². The molecule has 0 radical (unpaired) electrons. The predicted molar refractivity (Wildman–Crippen MR) is 114 cm³/mol. The summed E-state index contributed by atoms with van der Waals surface area (Å²) >= 11 is 0. The lowest BCUT2D eigenvalue weighted by Crippen LogP contribution is -2.42. The van der Waals surface area contributed by atoms with Crippen LogP contribution < -0.4 is 14.8 Å². The maximum Gasteiger partial charge on any atom is 0.165 e. The zero-order chi connectivity index (χ0) is 20.5. The number of piperidine rings is 1. The van der Waals surface area contributed by atoms with Crippen molar-refractivity contribution in [1.29, 1.82) is 0 Å². The second-order valence-electron chi connectivity index (χ2n) is 8.20. The molecule has 0 amide bonds. The summed E-state index contributed by atoms with van der Waals surface area (Å²) in [5.41, 5.74) is 1.07. The van der Waals surface area contributed by atoms with Crippen LogP contribution >= 0.6 is 0 Å². The molecule has 164 valence electrons. The van der Waals surface area contributed by atoms with E-state index in [-0.39, 0.29) is 6.61 Å². The lowest BCUT2D eigenvalue weighted by Gasteiger charge is -2.29. The topological polar surface area (TPSA) is 66.4 Å². The molecular formula is C22H37N3O4. The van der Waals surface area contributed by atoms with Crippen molar-refractivity contribution in [3.05, 3.63) is 23.8 Å². The number of para-hydroxylation sites is 1. The summed E-state index contributed by atoms with van der Waals surface area (Å²) in [5.74, 6) is 2.17. The van der Waals surface area contributed by atoms with Crippen LogP contribution in [0.5, 0.6) is 11.5 Å². The van der Waals surface area contributed by atoms with Crippen LogP contribution in [0.2, 0.25) is 0 Å². The molecule has 1 aromatic carbocycles. The second kappa shape index (κ2) is 11.7. The highest BCUT2D eigenvalue weighted by Crippen LogP contribution is 2.31. The third-order valence-corrected chi connectivity index (χ3v) is 5.86. The Morgan fingerprint density at radius 1 is 1.21 bits per heavy atom. The number of morpholine rings is 1. The number of ether oxygens (including phenoxy) is 3. The van der Waals surface area contributed by atoms with Gasteiger partial charge in [0.05, 0.1) is 20.3 Å². The summed E-state index contributed by atoms with van der Waals surface area (Å²) in [6, 6.07) is 5.96. The molecule has 2 aliphatic heterocycles. The molecule has 1 atom stereocenters. The third-order valence-electron chi connectivity index (χ3n) is 5.86. The van der Waals surface area contributed by atoms with Gasteiger partial charge in [0.15, 0.2) is 11.5 Å². The Balaban J connectivity index is 1.50. The molecule has 7 nitrogen and oxygen atoms in total. The normalized spacial score (nSPS) is 20.5. The average molecular weight is 408 g/mol. The fourth-order valence-electron chi connectivity index (χ4n) is 4.02. The zero-order valence-corrected chi connectivity index (χ0v) is 17.9. The van der Waals surface area contributed by atoms with Gasteiger partial charge in [-0.25, -0.2) is 0 Å². The molecule has 7 heteroatoms. The quantitative estimate of drug-likeness (QED) is 0.604. The van der Waals surface area contributed by atoms with Gasteiger partial charge in [0.2, 0.25) is 0 Å². The van der Waals surface area contributed by atoms with E-state index in [2.05, 4.69) is 28.2 Å². The van der Waals surface area contributed by atoms with Crippen molar-refractivity contribution in [2.45, 2.75) is 25.5 Å². The first-order valence-electron chi connectivity index (χ1n) is 10.8. The van der Waals surface area contributed by atoms with E-state index < -0.39 is 6.10 Å². The van der Waals surface area contributed by atoms with Gasteiger partial charge < -0.3 is 29.5 Å². The maximum absolute atomic E-state index is 10.4. The Morgan fingerprint density at radius 3 is 2.69 bits per heavy atom. The Kier molecular flexibility index (Phi) is 9.01. The van der Waals surface area contributed by atoms with Crippen molar-refractivity contribution >= 4 is 0 Å². The van der Waals surface area contributed by atoms with E-state index in [1.54, 1.807) is 7.11 Å². The van der Waals surface area contributed by atoms with E-state index in [1.165, 1.54) is 25.9 Å². The molecule has 1 unspecified atom stereocenters. The van der Waals surface area contributed by atoms with Crippen molar-refractivity contribution in [3.8, 4) is 11.5 Å². The molecule has 2 aliphatic rings. The van der Waals surface area contributed by atoms with Crippen LogP contribution in [0.4, 0.5) is 0 Å². The van der Waals surface area contributed by atoms with Gasteiger partial charge in [-0.3, -0.25) is 4.90 Å². The fourth-order valence-corrected chi connectivity index (χ4v) is 4.02. The molecule has 2 saturated heterocycles. The smallest absolute Gasteiger partial charge is 0.165 e. The number of nitrogens with zero attached hydrogens (tertiary/aromatic N) is 2. The van der Waals surface area contributed by atoms with E-state index in [0.29, 0.717) is 12.3 Å². The maximum atomic E-state index is 10.4. The number of likely N-dealkylation sites (tertiary alicyclic amines) is 1. The van der Waals surface area contributed by atoms with Crippen LogP contribution in [0.15, 0.2) is 18.2 Å². The Morgan fingerprint density at radius 2 is 1.97 bits per heavy atom. The molecule has 0 bridgehead atoms. The molecule has 29 heavy (non-hydrogen) atoms. The van der Waals surface area contributed by atoms with Gasteiger partial charge in [0, 0.05) is 31.7 Å². The molecule has 2 heterocycles. The number of hydrogen-bond donors (Lipinski definition) is 2. The van der Waals surface area contributed by atoms with Gasteiger partial charge in [-0.2, -0.15) is 0 Å². The van der Waals surface area contributed by atoms with Crippen molar-refractivity contribution in [2.75, 3.05) is 73.2 Å². The minimum atomic E-state index is -0.543. The van der Waals surface area contributed by atoms with Gasteiger partial charge in [0.25, 0.3) is 0 Å². The summed E-state index contributed by atoms with van der Waals surface area (Å²) in [6.45, 7) is 8.14. The molecule has 2 fully saturated rings.